The lowest BCUT2D eigenvalue weighted by Crippen LogP contribution is -2.28. The van der Waals surface area contributed by atoms with E-state index in [1.807, 2.05) is 12.1 Å². The van der Waals surface area contributed by atoms with Crippen LogP contribution in [0.2, 0.25) is 0 Å². The molecule has 0 aliphatic heterocycles. The van der Waals surface area contributed by atoms with E-state index in [1.54, 1.807) is 6.07 Å². The van der Waals surface area contributed by atoms with Crippen molar-refractivity contribution in [2.75, 3.05) is 4.90 Å². The average Bonchev–Trinajstić information content (AvgIpc) is 3.13. The van der Waals surface area contributed by atoms with Crippen LogP contribution in [0.25, 0.3) is 0 Å². The van der Waals surface area contributed by atoms with Crippen molar-refractivity contribution in [1.82, 2.24) is 0 Å². The number of hydrogen-bond donors (Lipinski definition) is 0. The molecular formula is C12H13BrN2O2. The van der Waals surface area contributed by atoms with Gasteiger partial charge in [0.05, 0.1) is 4.92 Å². The summed E-state index contributed by atoms with van der Waals surface area (Å²) in [6, 6.07) is 6.43. The molecule has 2 aliphatic rings. The minimum atomic E-state index is -0.280. The molecule has 0 N–H and O–H groups in total. The molecule has 0 saturated heterocycles. The molecule has 1 aromatic rings. The number of benzene rings is 1. The molecule has 2 fully saturated rings. The summed E-state index contributed by atoms with van der Waals surface area (Å²) < 4.78 is 0.763. The molecule has 0 aromatic heterocycles. The van der Waals surface area contributed by atoms with Crippen LogP contribution >= 0.6 is 15.9 Å². The Balaban J connectivity index is 2.02. The van der Waals surface area contributed by atoms with Crippen molar-refractivity contribution in [3.8, 4) is 0 Å². The maximum atomic E-state index is 11.1. The van der Waals surface area contributed by atoms with Gasteiger partial charge in [-0.1, -0.05) is 15.9 Å². The van der Waals surface area contributed by atoms with E-state index in [0.717, 1.165) is 10.2 Å². The smallest absolute Gasteiger partial charge is 0.293 e. The highest BCUT2D eigenvalue weighted by molar-refractivity contribution is 9.10. The zero-order valence-electron chi connectivity index (χ0n) is 9.30. The van der Waals surface area contributed by atoms with Gasteiger partial charge in [0.15, 0.2) is 0 Å². The van der Waals surface area contributed by atoms with Gasteiger partial charge in [0, 0.05) is 22.6 Å². The van der Waals surface area contributed by atoms with Crippen LogP contribution in [-0.4, -0.2) is 17.0 Å². The minimum absolute atomic E-state index is 0.221. The van der Waals surface area contributed by atoms with Crippen molar-refractivity contribution in [3.63, 3.8) is 0 Å². The van der Waals surface area contributed by atoms with E-state index in [2.05, 4.69) is 20.8 Å². The lowest BCUT2D eigenvalue weighted by Gasteiger charge is -2.24. The van der Waals surface area contributed by atoms with Crippen molar-refractivity contribution in [3.05, 3.63) is 32.8 Å². The topological polar surface area (TPSA) is 46.4 Å². The standard InChI is InChI=1S/C12H13BrN2O2/c13-8-1-6-11(12(7-8)15(16)17)14(9-2-3-9)10-4-5-10/h1,6-7,9-10H,2-5H2. The molecule has 2 saturated carbocycles. The Bertz CT molecular complexity index is 458. The van der Waals surface area contributed by atoms with E-state index < -0.39 is 0 Å². The predicted molar refractivity (Wildman–Crippen MR) is 69.3 cm³/mol. The van der Waals surface area contributed by atoms with Gasteiger partial charge in [-0.05, 0) is 37.8 Å². The molecule has 0 atom stereocenters. The Kier molecular flexibility index (Phi) is 2.58. The molecule has 1 aromatic carbocycles. The van der Waals surface area contributed by atoms with Gasteiger partial charge >= 0.3 is 0 Å². The first kappa shape index (κ1) is 11.0. The molecule has 0 unspecified atom stereocenters. The lowest BCUT2D eigenvalue weighted by molar-refractivity contribution is -0.384. The fraction of sp³-hybridized carbons (Fsp3) is 0.500. The fourth-order valence-electron chi connectivity index (χ4n) is 2.26. The van der Waals surface area contributed by atoms with Gasteiger partial charge in [-0.2, -0.15) is 0 Å². The van der Waals surface area contributed by atoms with Crippen molar-refractivity contribution in [2.24, 2.45) is 0 Å². The number of halogens is 1. The molecule has 2 aliphatic carbocycles. The first-order valence-electron chi connectivity index (χ1n) is 5.89. The normalized spacial score (nSPS) is 19.1. The number of nitro groups is 1. The molecule has 4 nitrogen and oxygen atoms in total. The summed E-state index contributed by atoms with van der Waals surface area (Å²) in [5.41, 5.74) is 1.02. The van der Waals surface area contributed by atoms with Crippen molar-refractivity contribution >= 4 is 27.3 Å². The van der Waals surface area contributed by atoms with Gasteiger partial charge in [0.1, 0.15) is 5.69 Å². The van der Waals surface area contributed by atoms with Crippen LogP contribution in [0.4, 0.5) is 11.4 Å². The molecule has 0 spiro atoms. The minimum Gasteiger partial charge on any atom is -0.360 e. The summed E-state index contributed by atoms with van der Waals surface area (Å²) in [7, 11) is 0. The van der Waals surface area contributed by atoms with E-state index in [4.69, 9.17) is 0 Å². The second-order valence-corrected chi connectivity index (χ2v) is 5.68. The summed E-state index contributed by atoms with van der Waals surface area (Å²) >= 11 is 3.30. The first-order chi connectivity index (χ1) is 8.16. The summed E-state index contributed by atoms with van der Waals surface area (Å²) in [6.07, 6.45) is 4.68. The molecular weight excluding hydrogens is 284 g/mol. The highest BCUT2D eigenvalue weighted by Gasteiger charge is 2.41. The van der Waals surface area contributed by atoms with Crippen LogP contribution in [0.5, 0.6) is 0 Å². The van der Waals surface area contributed by atoms with E-state index in [-0.39, 0.29) is 10.6 Å². The number of rotatable bonds is 4. The molecule has 0 heterocycles. The van der Waals surface area contributed by atoms with E-state index in [9.17, 15) is 10.1 Å². The molecule has 90 valence electrons. The second-order valence-electron chi connectivity index (χ2n) is 4.76. The zero-order chi connectivity index (χ0) is 12.0. The Labute approximate surface area is 108 Å². The van der Waals surface area contributed by atoms with Gasteiger partial charge in [0.2, 0.25) is 0 Å². The Morgan fingerprint density at radius 2 is 1.82 bits per heavy atom. The van der Waals surface area contributed by atoms with Gasteiger partial charge in [-0.15, -0.1) is 0 Å². The highest BCUT2D eigenvalue weighted by Crippen LogP contribution is 2.44. The van der Waals surface area contributed by atoms with Crippen LogP contribution < -0.4 is 4.90 Å². The van der Waals surface area contributed by atoms with Gasteiger partial charge in [-0.25, -0.2) is 0 Å². The van der Waals surface area contributed by atoms with Crippen LogP contribution in [0.1, 0.15) is 25.7 Å². The SMILES string of the molecule is O=[N+]([O-])c1cc(Br)ccc1N(C1CC1)C1CC1. The van der Waals surface area contributed by atoms with Gasteiger partial charge in [-0.3, -0.25) is 10.1 Å². The average molecular weight is 297 g/mol. The third-order valence-electron chi connectivity index (χ3n) is 3.29. The third-order valence-corrected chi connectivity index (χ3v) is 3.79. The number of nitro benzene ring substituents is 1. The monoisotopic (exact) mass is 296 g/mol. The largest absolute Gasteiger partial charge is 0.360 e. The van der Waals surface area contributed by atoms with Crippen LogP contribution in [0, 0.1) is 10.1 Å². The van der Waals surface area contributed by atoms with Gasteiger partial charge in [0.25, 0.3) is 5.69 Å². The molecule has 5 heteroatoms. The Hall–Kier alpha value is -1.10. The van der Waals surface area contributed by atoms with Crippen LogP contribution in [-0.2, 0) is 0 Å². The molecule has 0 radical (unpaired) electrons. The van der Waals surface area contributed by atoms with E-state index in [0.29, 0.717) is 12.1 Å². The summed E-state index contributed by atoms with van der Waals surface area (Å²) in [4.78, 5) is 13.1. The molecule has 3 rings (SSSR count). The van der Waals surface area contributed by atoms with E-state index >= 15 is 0 Å². The highest BCUT2D eigenvalue weighted by atomic mass is 79.9. The van der Waals surface area contributed by atoms with Crippen LogP contribution in [0.3, 0.4) is 0 Å². The summed E-state index contributed by atoms with van der Waals surface area (Å²) in [6.45, 7) is 0. The third kappa shape index (κ3) is 2.16. The summed E-state index contributed by atoms with van der Waals surface area (Å²) in [5.74, 6) is 0. The van der Waals surface area contributed by atoms with Crippen molar-refractivity contribution in [1.29, 1.82) is 0 Å². The van der Waals surface area contributed by atoms with Gasteiger partial charge < -0.3 is 4.90 Å². The first-order valence-corrected chi connectivity index (χ1v) is 6.68. The molecule has 0 bridgehead atoms. The second kappa shape index (κ2) is 3.98. The fourth-order valence-corrected chi connectivity index (χ4v) is 2.61. The summed E-state index contributed by atoms with van der Waals surface area (Å²) in [5, 5.41) is 11.1. The lowest BCUT2D eigenvalue weighted by atomic mass is 10.2. The van der Waals surface area contributed by atoms with Crippen LogP contribution in [0.15, 0.2) is 22.7 Å². The Morgan fingerprint density at radius 1 is 1.24 bits per heavy atom. The molecule has 17 heavy (non-hydrogen) atoms. The number of hydrogen-bond acceptors (Lipinski definition) is 3. The number of anilines is 1. The van der Waals surface area contributed by atoms with Crippen molar-refractivity contribution < 1.29 is 4.92 Å². The quantitative estimate of drug-likeness (QED) is 0.631. The molecule has 0 amide bonds. The Morgan fingerprint density at radius 3 is 2.29 bits per heavy atom. The zero-order valence-corrected chi connectivity index (χ0v) is 10.9. The predicted octanol–water partition coefficient (Wildman–Crippen LogP) is 3.49. The maximum absolute atomic E-state index is 11.1. The van der Waals surface area contributed by atoms with Crippen molar-refractivity contribution in [2.45, 2.75) is 37.8 Å². The van der Waals surface area contributed by atoms with E-state index in [1.165, 1.54) is 25.7 Å². The number of nitrogens with zero attached hydrogens (tertiary/aromatic N) is 2. The maximum Gasteiger partial charge on any atom is 0.293 e.